The predicted molar refractivity (Wildman–Crippen MR) is 148 cm³/mol. The van der Waals surface area contributed by atoms with E-state index in [4.69, 9.17) is 4.98 Å². The molecule has 0 aliphatic rings. The van der Waals surface area contributed by atoms with Crippen molar-refractivity contribution in [2.75, 3.05) is 6.54 Å². The molecule has 0 radical (unpaired) electrons. The molecule has 0 aliphatic heterocycles. The molecule has 36 heavy (non-hydrogen) atoms. The predicted octanol–water partition coefficient (Wildman–Crippen LogP) is 6.53. The van der Waals surface area contributed by atoms with E-state index in [1.165, 1.54) is 0 Å². The van der Waals surface area contributed by atoms with Gasteiger partial charge < -0.3 is 4.90 Å². The van der Waals surface area contributed by atoms with E-state index >= 15 is 0 Å². The Morgan fingerprint density at radius 3 is 2.56 bits per heavy atom. The summed E-state index contributed by atoms with van der Waals surface area (Å²) >= 11 is 1.59. The lowest BCUT2D eigenvalue weighted by Crippen LogP contribution is -2.38. The summed E-state index contributed by atoms with van der Waals surface area (Å²) in [5, 5.41) is 4.70. The molecule has 2 heterocycles. The van der Waals surface area contributed by atoms with Gasteiger partial charge in [-0.25, -0.2) is 4.98 Å². The molecule has 6 heteroatoms. The maximum atomic E-state index is 13.9. The molecule has 0 spiro atoms. The fourth-order valence-corrected chi connectivity index (χ4v) is 5.36. The molecule has 5 rings (SSSR count). The third-order valence-corrected chi connectivity index (χ3v) is 7.49. The van der Waals surface area contributed by atoms with Crippen molar-refractivity contribution < 1.29 is 4.79 Å². The zero-order chi connectivity index (χ0) is 25.1. The molecule has 1 unspecified atom stereocenters. The van der Waals surface area contributed by atoms with E-state index in [1.54, 1.807) is 15.9 Å². The van der Waals surface area contributed by atoms with Gasteiger partial charge in [-0.1, -0.05) is 61.9 Å². The Morgan fingerprint density at radius 1 is 1.00 bits per heavy atom. The van der Waals surface area contributed by atoms with Crippen molar-refractivity contribution in [1.29, 1.82) is 0 Å². The Kier molecular flexibility index (Phi) is 6.96. The van der Waals surface area contributed by atoms with Crippen LogP contribution in [0.5, 0.6) is 0 Å². The van der Waals surface area contributed by atoms with Gasteiger partial charge >= 0.3 is 0 Å². The number of unbranched alkanes of at least 4 members (excludes halogenated alkanes) is 1. The molecule has 5 aromatic rings. The Bertz CT molecular complexity index is 1570. The average molecular weight is 496 g/mol. The topological polar surface area (TPSA) is 55.2 Å². The van der Waals surface area contributed by atoms with Gasteiger partial charge in [0.15, 0.2) is 0 Å². The number of rotatable bonds is 8. The quantitative estimate of drug-likeness (QED) is 0.246. The van der Waals surface area contributed by atoms with Gasteiger partial charge in [0, 0.05) is 11.4 Å². The van der Waals surface area contributed by atoms with Crippen LogP contribution in [-0.2, 0) is 11.2 Å². The largest absolute Gasteiger partial charge is 0.332 e. The Hall–Kier alpha value is -3.77. The van der Waals surface area contributed by atoms with Crippen LogP contribution in [0.4, 0.5) is 0 Å². The standard InChI is InChI=1S/C30H29N3O2S/c1-3-4-17-32(28(34)20-25-12-9-18-36-25)21(2)29-31-27-14-8-7-13-26(27)30(35)33(29)24-16-15-22-10-5-6-11-23(22)19-24/h5-16,18-19,21H,3-4,17,20H2,1-2H3. The second-order valence-electron chi connectivity index (χ2n) is 9.03. The maximum Gasteiger partial charge on any atom is 0.266 e. The summed E-state index contributed by atoms with van der Waals surface area (Å²) in [4.78, 5) is 35.3. The molecule has 0 saturated carbocycles. The van der Waals surface area contributed by atoms with Crippen molar-refractivity contribution in [3.8, 4) is 5.69 Å². The third kappa shape index (κ3) is 4.69. The van der Waals surface area contributed by atoms with Crippen LogP contribution >= 0.6 is 11.3 Å². The van der Waals surface area contributed by atoms with Gasteiger partial charge in [-0.15, -0.1) is 11.3 Å². The van der Waals surface area contributed by atoms with Crippen LogP contribution in [-0.4, -0.2) is 26.9 Å². The van der Waals surface area contributed by atoms with E-state index in [0.717, 1.165) is 34.2 Å². The number of para-hydroxylation sites is 1. The molecule has 0 fully saturated rings. The van der Waals surface area contributed by atoms with Crippen LogP contribution in [0.2, 0.25) is 0 Å². The smallest absolute Gasteiger partial charge is 0.266 e. The van der Waals surface area contributed by atoms with Gasteiger partial charge in [0.05, 0.1) is 29.1 Å². The van der Waals surface area contributed by atoms with Crippen molar-refractivity contribution in [3.63, 3.8) is 0 Å². The number of amides is 1. The van der Waals surface area contributed by atoms with Crippen LogP contribution in [0.1, 0.15) is 43.4 Å². The fourth-order valence-electron chi connectivity index (χ4n) is 4.66. The van der Waals surface area contributed by atoms with E-state index in [0.29, 0.717) is 29.7 Å². The summed E-state index contributed by atoms with van der Waals surface area (Å²) in [6.45, 7) is 4.71. The summed E-state index contributed by atoms with van der Waals surface area (Å²) in [7, 11) is 0. The third-order valence-electron chi connectivity index (χ3n) is 6.61. The molecule has 1 atom stereocenters. The number of hydrogen-bond donors (Lipinski definition) is 0. The number of carbonyl (C=O) groups excluding carboxylic acids is 1. The van der Waals surface area contributed by atoms with E-state index in [9.17, 15) is 9.59 Å². The zero-order valence-electron chi connectivity index (χ0n) is 20.6. The number of nitrogens with zero attached hydrogens (tertiary/aromatic N) is 3. The summed E-state index contributed by atoms with van der Waals surface area (Å²) < 4.78 is 1.69. The molecule has 2 aromatic heterocycles. The van der Waals surface area contributed by atoms with Crippen molar-refractivity contribution in [1.82, 2.24) is 14.5 Å². The first-order valence-electron chi connectivity index (χ1n) is 12.4. The minimum atomic E-state index is -0.382. The monoisotopic (exact) mass is 495 g/mol. The minimum Gasteiger partial charge on any atom is -0.332 e. The molecule has 182 valence electrons. The van der Waals surface area contributed by atoms with Crippen LogP contribution in [0.3, 0.4) is 0 Å². The first-order chi connectivity index (χ1) is 17.6. The van der Waals surface area contributed by atoms with Crippen LogP contribution in [0, 0.1) is 0 Å². The minimum absolute atomic E-state index is 0.0471. The molecule has 1 amide bonds. The number of aromatic nitrogens is 2. The number of thiophene rings is 1. The lowest BCUT2D eigenvalue weighted by atomic mass is 10.1. The summed E-state index contributed by atoms with van der Waals surface area (Å²) in [5.74, 6) is 0.621. The van der Waals surface area contributed by atoms with Crippen molar-refractivity contribution in [3.05, 3.63) is 105 Å². The second-order valence-corrected chi connectivity index (χ2v) is 10.1. The highest BCUT2D eigenvalue weighted by Crippen LogP contribution is 2.26. The van der Waals surface area contributed by atoms with E-state index < -0.39 is 0 Å². The van der Waals surface area contributed by atoms with Crippen LogP contribution in [0.15, 0.2) is 89.0 Å². The second kappa shape index (κ2) is 10.5. The van der Waals surface area contributed by atoms with E-state index in [1.807, 2.05) is 90.0 Å². The summed E-state index contributed by atoms with van der Waals surface area (Å²) in [5.41, 5.74) is 1.27. The number of fused-ring (bicyclic) bond motifs is 2. The Morgan fingerprint density at radius 2 is 1.78 bits per heavy atom. The van der Waals surface area contributed by atoms with E-state index in [2.05, 4.69) is 13.0 Å². The molecule has 0 saturated heterocycles. The van der Waals surface area contributed by atoms with E-state index in [-0.39, 0.29) is 17.5 Å². The van der Waals surface area contributed by atoms with Gasteiger partial charge in [-0.2, -0.15) is 0 Å². The molecule has 3 aromatic carbocycles. The van der Waals surface area contributed by atoms with Gasteiger partial charge in [0.1, 0.15) is 5.82 Å². The van der Waals surface area contributed by atoms with Crippen molar-refractivity contribution >= 4 is 38.9 Å². The number of benzene rings is 3. The molecule has 0 bridgehead atoms. The molecule has 0 N–H and O–H groups in total. The molecule has 5 nitrogen and oxygen atoms in total. The normalized spacial score (nSPS) is 12.2. The van der Waals surface area contributed by atoms with Crippen LogP contribution < -0.4 is 5.56 Å². The lowest BCUT2D eigenvalue weighted by molar-refractivity contribution is -0.132. The van der Waals surface area contributed by atoms with Crippen molar-refractivity contribution in [2.45, 2.75) is 39.2 Å². The maximum absolute atomic E-state index is 13.9. The highest BCUT2D eigenvalue weighted by molar-refractivity contribution is 7.10. The number of carbonyl (C=O) groups is 1. The lowest BCUT2D eigenvalue weighted by Gasteiger charge is -2.30. The van der Waals surface area contributed by atoms with Gasteiger partial charge in [-0.3, -0.25) is 14.2 Å². The Labute approximate surface area is 214 Å². The zero-order valence-corrected chi connectivity index (χ0v) is 21.4. The fraction of sp³-hybridized carbons (Fsp3) is 0.233. The Balaban J connectivity index is 1.66. The van der Waals surface area contributed by atoms with Gasteiger partial charge in [0.2, 0.25) is 5.91 Å². The van der Waals surface area contributed by atoms with Crippen LogP contribution in [0.25, 0.3) is 27.4 Å². The van der Waals surface area contributed by atoms with Gasteiger partial charge in [0.25, 0.3) is 5.56 Å². The molecular weight excluding hydrogens is 466 g/mol. The number of hydrogen-bond acceptors (Lipinski definition) is 4. The van der Waals surface area contributed by atoms with Crippen molar-refractivity contribution in [2.24, 2.45) is 0 Å². The molecule has 0 aliphatic carbocycles. The summed E-state index contributed by atoms with van der Waals surface area (Å²) in [6.07, 6.45) is 2.20. The SMILES string of the molecule is CCCCN(C(=O)Cc1cccs1)C(C)c1nc2ccccc2c(=O)n1-c1ccc2ccccc2c1. The summed E-state index contributed by atoms with van der Waals surface area (Å²) in [6, 6.07) is 25.1. The first-order valence-corrected chi connectivity index (χ1v) is 13.3. The van der Waals surface area contributed by atoms with Gasteiger partial charge in [-0.05, 0) is 59.8 Å². The molecular formula is C30H29N3O2S. The first kappa shape index (κ1) is 23.9. The highest BCUT2D eigenvalue weighted by Gasteiger charge is 2.27. The highest BCUT2D eigenvalue weighted by atomic mass is 32.1. The average Bonchev–Trinajstić information content (AvgIpc) is 3.41.